The van der Waals surface area contributed by atoms with E-state index < -0.39 is 18.2 Å². The lowest BCUT2D eigenvalue weighted by Crippen LogP contribution is -2.46. The second-order valence-electron chi connectivity index (χ2n) is 19.8. The number of esters is 1. The van der Waals surface area contributed by atoms with Crippen LogP contribution in [0.25, 0.3) is 0 Å². The van der Waals surface area contributed by atoms with Gasteiger partial charge in [0.25, 0.3) is 0 Å². The maximum Gasteiger partial charge on any atom is 0.306 e. The fraction of sp³-hybridized carbons (Fsp3) is 0.719. The van der Waals surface area contributed by atoms with Crippen molar-refractivity contribution >= 4 is 11.9 Å². The Morgan fingerprint density at radius 3 is 1.33 bits per heavy atom. The smallest absolute Gasteiger partial charge is 0.306 e. The van der Waals surface area contributed by atoms with Crippen LogP contribution in [0.3, 0.4) is 0 Å². The number of aliphatic hydroxyl groups is 2. The Kier molecular flexibility index (Phi) is 54.1. The number of carbonyl (C=O) groups is 2. The van der Waals surface area contributed by atoms with Crippen LogP contribution in [0.2, 0.25) is 0 Å². The van der Waals surface area contributed by atoms with E-state index in [4.69, 9.17) is 4.74 Å². The monoisotopic (exact) mass is 974 g/mol. The highest BCUT2D eigenvalue weighted by molar-refractivity contribution is 5.77. The molecule has 3 atom stereocenters. The molecule has 0 aliphatic rings. The lowest BCUT2D eigenvalue weighted by Gasteiger charge is -2.24. The molecule has 3 unspecified atom stereocenters. The van der Waals surface area contributed by atoms with Gasteiger partial charge in [-0.3, -0.25) is 9.59 Å². The van der Waals surface area contributed by atoms with Crippen molar-refractivity contribution in [2.45, 2.75) is 289 Å². The minimum Gasteiger partial charge on any atom is -0.462 e. The van der Waals surface area contributed by atoms with E-state index in [2.05, 4.69) is 86.8 Å². The summed E-state index contributed by atoms with van der Waals surface area (Å²) in [5.74, 6) is -0.531. The number of aliphatic hydroxyl groups excluding tert-OH is 2. The quantitative estimate of drug-likeness (QED) is 0.0244. The largest absolute Gasteiger partial charge is 0.462 e. The number of amides is 1. The van der Waals surface area contributed by atoms with Crippen LogP contribution in [-0.4, -0.2) is 46.9 Å². The molecule has 0 spiro atoms. The summed E-state index contributed by atoms with van der Waals surface area (Å²) in [6.07, 6.45) is 76.1. The molecule has 0 aromatic rings. The van der Waals surface area contributed by atoms with E-state index in [1.807, 2.05) is 36.5 Å². The highest BCUT2D eigenvalue weighted by Crippen LogP contribution is 2.18. The third-order valence-electron chi connectivity index (χ3n) is 13.0. The van der Waals surface area contributed by atoms with Crippen LogP contribution in [0.5, 0.6) is 0 Å². The van der Waals surface area contributed by atoms with Gasteiger partial charge in [-0.15, -0.1) is 0 Å². The van der Waals surface area contributed by atoms with Gasteiger partial charge in [0.2, 0.25) is 5.91 Å². The Hall–Kier alpha value is -3.22. The molecule has 0 saturated carbocycles. The minimum atomic E-state index is -0.809. The van der Waals surface area contributed by atoms with Gasteiger partial charge in [0.15, 0.2) is 0 Å². The van der Waals surface area contributed by atoms with Crippen molar-refractivity contribution in [1.82, 2.24) is 5.32 Å². The van der Waals surface area contributed by atoms with Gasteiger partial charge >= 0.3 is 5.97 Å². The van der Waals surface area contributed by atoms with E-state index >= 15 is 0 Å². The minimum absolute atomic E-state index is 0.0394. The summed E-state index contributed by atoms with van der Waals surface area (Å²) in [4.78, 5) is 26.3. The lowest BCUT2D eigenvalue weighted by atomic mass is 10.0. The first-order valence-corrected chi connectivity index (χ1v) is 29.5. The maximum atomic E-state index is 13.3. The molecule has 0 aromatic carbocycles. The molecule has 402 valence electrons. The number of carbonyl (C=O) groups excluding carboxylic acids is 2. The molecule has 0 aliphatic heterocycles. The number of hydrogen-bond donors (Lipinski definition) is 3. The van der Waals surface area contributed by atoms with Crippen molar-refractivity contribution in [2.24, 2.45) is 0 Å². The molecule has 0 heterocycles. The highest BCUT2D eigenvalue weighted by Gasteiger charge is 2.24. The molecule has 0 aromatic heterocycles. The van der Waals surface area contributed by atoms with Crippen molar-refractivity contribution < 1.29 is 24.5 Å². The van der Waals surface area contributed by atoms with E-state index in [-0.39, 0.29) is 24.9 Å². The van der Waals surface area contributed by atoms with E-state index in [0.29, 0.717) is 19.3 Å². The van der Waals surface area contributed by atoms with Crippen LogP contribution in [0, 0.1) is 0 Å². The molecule has 1 amide bonds. The summed E-state index contributed by atoms with van der Waals surface area (Å²) in [6.45, 7) is 6.37. The van der Waals surface area contributed by atoms with Crippen molar-refractivity contribution in [3.8, 4) is 0 Å². The second kappa shape index (κ2) is 56.7. The summed E-state index contributed by atoms with van der Waals surface area (Å²) >= 11 is 0. The predicted molar refractivity (Wildman–Crippen MR) is 305 cm³/mol. The Balaban J connectivity index is 4.66. The summed E-state index contributed by atoms with van der Waals surface area (Å²) in [7, 11) is 0. The lowest BCUT2D eigenvalue weighted by molar-refractivity contribution is -0.151. The van der Waals surface area contributed by atoms with Gasteiger partial charge in [0.05, 0.1) is 25.2 Å². The van der Waals surface area contributed by atoms with Crippen molar-refractivity contribution in [2.75, 3.05) is 6.61 Å². The highest BCUT2D eigenvalue weighted by atomic mass is 16.5. The number of unbranched alkanes of at least 4 members (excludes halogenated alkanes) is 28. The zero-order valence-corrected chi connectivity index (χ0v) is 45.9. The SMILES string of the molecule is CCC/C=C/C=C/C=C/C=C/C=C/CCCCCC(CC(=O)NC(CO)C(O)CCCCCCCCCCCCCCCCCC)OC(=O)CCCCCCCC/C=C\C/C=C\C/C=C\CCCCC. The van der Waals surface area contributed by atoms with Gasteiger partial charge in [0.1, 0.15) is 6.10 Å². The van der Waals surface area contributed by atoms with Gasteiger partial charge < -0.3 is 20.3 Å². The second-order valence-corrected chi connectivity index (χ2v) is 19.8. The summed E-state index contributed by atoms with van der Waals surface area (Å²) in [5, 5.41) is 23.9. The number of nitrogens with one attached hydrogen (secondary N) is 1. The molecule has 70 heavy (non-hydrogen) atoms. The Labute approximate surface area is 433 Å². The van der Waals surface area contributed by atoms with E-state index in [0.717, 1.165) is 89.9 Å². The number of allylic oxidation sites excluding steroid dienone is 16. The van der Waals surface area contributed by atoms with Crippen molar-refractivity contribution in [1.29, 1.82) is 0 Å². The molecule has 0 fully saturated rings. The zero-order chi connectivity index (χ0) is 50.9. The summed E-state index contributed by atoms with van der Waals surface area (Å²) < 4.78 is 5.94. The standard InChI is InChI=1S/C64H111NO5/c1-4-7-10-13-16-19-22-25-28-31-32-33-36-39-42-45-48-51-54-57-64(69)70-60(55-52-49-46-43-40-37-34-29-26-23-20-17-14-11-8-5-2)58-63(68)65-61(59-66)62(67)56-53-50-47-44-41-38-35-30-27-24-21-18-15-12-9-6-3/h11,14,16-17,19-20,23,25-26,28-29,32-34,37,40,60-62,66-67H,4-10,12-13,15,18,21-22,24,27,30-31,35-36,38-39,41-59H2,1-3H3,(H,65,68)/b14-11+,19-16-,20-17+,26-23+,28-25-,33-32-,34-29+,40-37+. The maximum absolute atomic E-state index is 13.3. The van der Waals surface area contributed by atoms with Crippen molar-refractivity contribution in [3.05, 3.63) is 97.2 Å². The van der Waals surface area contributed by atoms with Crippen LogP contribution in [-0.2, 0) is 14.3 Å². The fourth-order valence-electron chi connectivity index (χ4n) is 8.53. The van der Waals surface area contributed by atoms with Gasteiger partial charge in [-0.1, -0.05) is 272 Å². The first-order valence-electron chi connectivity index (χ1n) is 29.5. The average molecular weight is 975 g/mol. The molecule has 0 aliphatic carbocycles. The molecule has 0 saturated heterocycles. The Morgan fingerprint density at radius 2 is 0.814 bits per heavy atom. The third kappa shape index (κ3) is 51.1. The Morgan fingerprint density at radius 1 is 0.429 bits per heavy atom. The zero-order valence-electron chi connectivity index (χ0n) is 45.9. The number of hydrogen-bond acceptors (Lipinski definition) is 5. The normalized spacial score (nSPS) is 13.8. The van der Waals surface area contributed by atoms with E-state index in [1.54, 1.807) is 0 Å². The fourth-order valence-corrected chi connectivity index (χ4v) is 8.53. The predicted octanol–water partition coefficient (Wildman–Crippen LogP) is 18.5. The first-order chi connectivity index (χ1) is 34.5. The molecule has 3 N–H and O–H groups in total. The van der Waals surface area contributed by atoms with Crippen LogP contribution >= 0.6 is 0 Å². The van der Waals surface area contributed by atoms with Gasteiger partial charge in [-0.25, -0.2) is 0 Å². The molecular formula is C64H111NO5. The van der Waals surface area contributed by atoms with Crippen LogP contribution < -0.4 is 5.32 Å². The molecule has 6 nitrogen and oxygen atoms in total. The van der Waals surface area contributed by atoms with Gasteiger partial charge in [0, 0.05) is 6.42 Å². The topological polar surface area (TPSA) is 95.9 Å². The number of ether oxygens (including phenoxy) is 1. The van der Waals surface area contributed by atoms with Crippen LogP contribution in [0.4, 0.5) is 0 Å². The van der Waals surface area contributed by atoms with E-state index in [9.17, 15) is 19.8 Å². The summed E-state index contributed by atoms with van der Waals surface area (Å²) in [6, 6.07) is -0.726. The van der Waals surface area contributed by atoms with Crippen LogP contribution in [0.1, 0.15) is 271 Å². The molecule has 0 radical (unpaired) electrons. The number of rotatable bonds is 52. The summed E-state index contributed by atoms with van der Waals surface area (Å²) in [5.41, 5.74) is 0. The molecular weight excluding hydrogens is 863 g/mol. The van der Waals surface area contributed by atoms with E-state index in [1.165, 1.54) is 135 Å². The average Bonchev–Trinajstić information content (AvgIpc) is 3.35. The third-order valence-corrected chi connectivity index (χ3v) is 13.0. The van der Waals surface area contributed by atoms with Gasteiger partial charge in [-0.2, -0.15) is 0 Å². The Bertz CT molecular complexity index is 1370. The van der Waals surface area contributed by atoms with Crippen LogP contribution in [0.15, 0.2) is 97.2 Å². The van der Waals surface area contributed by atoms with Crippen molar-refractivity contribution in [3.63, 3.8) is 0 Å². The first kappa shape index (κ1) is 66.8. The molecule has 0 rings (SSSR count). The van der Waals surface area contributed by atoms with Gasteiger partial charge in [-0.05, 0) is 83.5 Å². The molecule has 0 bridgehead atoms. The molecule has 6 heteroatoms.